The van der Waals surface area contributed by atoms with E-state index < -0.39 is 0 Å². The van der Waals surface area contributed by atoms with Gasteiger partial charge in [-0.15, -0.1) is 0 Å². The number of carbonyl (C=O) groups is 1. The third-order valence-corrected chi connectivity index (χ3v) is 4.17. The molecule has 6 heteroatoms. The van der Waals surface area contributed by atoms with Gasteiger partial charge in [-0.05, 0) is 37.1 Å². The first-order valence-electron chi connectivity index (χ1n) is 7.79. The van der Waals surface area contributed by atoms with Gasteiger partial charge in [0.15, 0.2) is 0 Å². The highest BCUT2D eigenvalue weighted by Crippen LogP contribution is 2.17. The molecule has 0 aliphatic heterocycles. The van der Waals surface area contributed by atoms with E-state index in [0.29, 0.717) is 13.0 Å². The summed E-state index contributed by atoms with van der Waals surface area (Å²) in [6.07, 6.45) is 4.20. The molecule has 0 radical (unpaired) electrons. The van der Waals surface area contributed by atoms with Gasteiger partial charge in [0.05, 0.1) is 11.0 Å². The Balaban J connectivity index is 1.71. The molecule has 1 amide bonds. The summed E-state index contributed by atoms with van der Waals surface area (Å²) in [6, 6.07) is 7.65. The Morgan fingerprint density at radius 1 is 1.39 bits per heavy atom. The van der Waals surface area contributed by atoms with Crippen LogP contribution in [0.5, 0.6) is 0 Å². The maximum Gasteiger partial charge on any atom is 0.245 e. The Morgan fingerprint density at radius 2 is 2.22 bits per heavy atom. The molecule has 6 nitrogen and oxygen atoms in total. The van der Waals surface area contributed by atoms with Crippen molar-refractivity contribution < 1.29 is 4.79 Å². The van der Waals surface area contributed by atoms with Gasteiger partial charge >= 0.3 is 0 Å². The first-order valence-corrected chi connectivity index (χ1v) is 7.79. The van der Waals surface area contributed by atoms with Crippen LogP contribution in [0.4, 0.5) is 0 Å². The molecule has 1 N–H and O–H groups in total. The monoisotopic (exact) mass is 311 g/mol. The highest BCUT2D eigenvalue weighted by Gasteiger charge is 2.18. The van der Waals surface area contributed by atoms with E-state index in [1.54, 1.807) is 10.9 Å². The average molecular weight is 311 g/mol. The Bertz CT molecular complexity index is 819. The summed E-state index contributed by atoms with van der Waals surface area (Å²) in [7, 11) is 2.00. The van der Waals surface area contributed by atoms with Crippen molar-refractivity contribution in [3.05, 3.63) is 48.0 Å². The summed E-state index contributed by atoms with van der Waals surface area (Å²) in [5.74, 6) is 0.958. The molecule has 0 aliphatic carbocycles. The van der Waals surface area contributed by atoms with Gasteiger partial charge in [0.1, 0.15) is 11.9 Å². The van der Waals surface area contributed by atoms with E-state index in [0.717, 1.165) is 22.4 Å². The standard InChI is InChI=1S/C17H21N5O/c1-4-15(22-9-5-8-19-22)17(23)18-11-13-6-7-16-14(10-13)20-12(2)21(16)3/h5-10,15H,4,11H2,1-3H3,(H,18,23)/t15-/m1/s1. The SMILES string of the molecule is CC[C@H](C(=O)NCc1ccc2c(c1)nc(C)n2C)n1cccn1. The number of aromatic nitrogens is 4. The predicted molar refractivity (Wildman–Crippen MR) is 88.9 cm³/mol. The topological polar surface area (TPSA) is 64.7 Å². The van der Waals surface area contributed by atoms with E-state index in [-0.39, 0.29) is 11.9 Å². The minimum Gasteiger partial charge on any atom is -0.350 e. The third kappa shape index (κ3) is 2.97. The molecule has 0 unspecified atom stereocenters. The van der Waals surface area contributed by atoms with Gasteiger partial charge in [-0.3, -0.25) is 9.48 Å². The Morgan fingerprint density at radius 3 is 2.91 bits per heavy atom. The van der Waals surface area contributed by atoms with E-state index in [1.807, 2.05) is 51.4 Å². The predicted octanol–water partition coefficient (Wildman–Crippen LogP) is 2.35. The molecule has 2 heterocycles. The van der Waals surface area contributed by atoms with Crippen LogP contribution in [-0.4, -0.2) is 25.2 Å². The zero-order valence-corrected chi connectivity index (χ0v) is 13.7. The van der Waals surface area contributed by atoms with E-state index in [4.69, 9.17) is 0 Å². The summed E-state index contributed by atoms with van der Waals surface area (Å²) >= 11 is 0. The van der Waals surface area contributed by atoms with Crippen molar-refractivity contribution in [2.24, 2.45) is 7.05 Å². The zero-order chi connectivity index (χ0) is 16.4. The van der Waals surface area contributed by atoms with Crippen molar-refractivity contribution in [3.63, 3.8) is 0 Å². The summed E-state index contributed by atoms with van der Waals surface area (Å²) in [5, 5.41) is 7.15. The Labute approximate surface area is 135 Å². The number of imidazole rings is 1. The first kappa shape index (κ1) is 15.3. The number of carbonyl (C=O) groups excluding carboxylic acids is 1. The van der Waals surface area contributed by atoms with Crippen LogP contribution in [0.15, 0.2) is 36.7 Å². The molecular formula is C17H21N5O. The Kier molecular flexibility index (Phi) is 4.14. The molecule has 120 valence electrons. The average Bonchev–Trinajstić information content (AvgIpc) is 3.15. The van der Waals surface area contributed by atoms with E-state index in [9.17, 15) is 4.79 Å². The smallest absolute Gasteiger partial charge is 0.245 e. The molecule has 1 atom stereocenters. The number of benzene rings is 1. The van der Waals surface area contributed by atoms with Gasteiger partial charge in [0, 0.05) is 26.0 Å². The van der Waals surface area contributed by atoms with Crippen LogP contribution in [0.3, 0.4) is 0 Å². The second kappa shape index (κ2) is 6.24. The lowest BCUT2D eigenvalue weighted by molar-refractivity contribution is -0.124. The lowest BCUT2D eigenvalue weighted by atomic mass is 10.1. The lowest BCUT2D eigenvalue weighted by Gasteiger charge is -2.15. The number of aryl methyl sites for hydroxylation is 2. The van der Waals surface area contributed by atoms with Gasteiger partial charge in [-0.1, -0.05) is 13.0 Å². The highest BCUT2D eigenvalue weighted by atomic mass is 16.2. The van der Waals surface area contributed by atoms with E-state index in [2.05, 4.69) is 20.0 Å². The van der Waals surface area contributed by atoms with Crippen LogP contribution in [0.1, 0.15) is 30.8 Å². The van der Waals surface area contributed by atoms with E-state index in [1.165, 1.54) is 0 Å². The normalized spacial score (nSPS) is 12.5. The van der Waals surface area contributed by atoms with Crippen molar-refractivity contribution in [2.75, 3.05) is 0 Å². The molecule has 1 aromatic carbocycles. The number of rotatable bonds is 5. The fraction of sp³-hybridized carbons (Fsp3) is 0.353. The fourth-order valence-electron chi connectivity index (χ4n) is 2.74. The largest absolute Gasteiger partial charge is 0.350 e. The summed E-state index contributed by atoms with van der Waals surface area (Å²) in [6.45, 7) is 4.45. The number of nitrogens with zero attached hydrogens (tertiary/aromatic N) is 4. The van der Waals surface area contributed by atoms with Crippen molar-refractivity contribution in [1.29, 1.82) is 0 Å². The first-order chi connectivity index (χ1) is 11.1. The second-order valence-electron chi connectivity index (χ2n) is 5.67. The van der Waals surface area contributed by atoms with Gasteiger partial charge in [0.2, 0.25) is 5.91 Å². The number of hydrogen-bond donors (Lipinski definition) is 1. The van der Waals surface area contributed by atoms with Crippen LogP contribution in [0.2, 0.25) is 0 Å². The molecule has 0 spiro atoms. The number of hydrogen-bond acceptors (Lipinski definition) is 3. The minimum absolute atomic E-state index is 0.0199. The molecule has 0 saturated heterocycles. The van der Waals surface area contributed by atoms with Crippen LogP contribution >= 0.6 is 0 Å². The maximum absolute atomic E-state index is 12.4. The Hall–Kier alpha value is -2.63. The van der Waals surface area contributed by atoms with Gasteiger partial charge in [-0.2, -0.15) is 5.10 Å². The number of nitrogens with one attached hydrogen (secondary N) is 1. The molecule has 3 aromatic rings. The molecule has 0 saturated carbocycles. The van der Waals surface area contributed by atoms with Crippen LogP contribution in [-0.2, 0) is 18.4 Å². The van der Waals surface area contributed by atoms with Crippen LogP contribution < -0.4 is 5.32 Å². The van der Waals surface area contributed by atoms with E-state index >= 15 is 0 Å². The van der Waals surface area contributed by atoms with Crippen molar-refractivity contribution in [3.8, 4) is 0 Å². The molecule has 0 fully saturated rings. The number of amides is 1. The minimum atomic E-state index is -0.272. The molecule has 0 aliphatic rings. The molecule has 0 bridgehead atoms. The van der Waals surface area contributed by atoms with Crippen LogP contribution in [0.25, 0.3) is 11.0 Å². The van der Waals surface area contributed by atoms with Gasteiger partial charge in [0.25, 0.3) is 0 Å². The quantitative estimate of drug-likeness (QED) is 0.786. The maximum atomic E-state index is 12.4. The molecule has 23 heavy (non-hydrogen) atoms. The number of fused-ring (bicyclic) bond motifs is 1. The second-order valence-corrected chi connectivity index (χ2v) is 5.67. The van der Waals surface area contributed by atoms with Gasteiger partial charge in [-0.25, -0.2) is 4.98 Å². The van der Waals surface area contributed by atoms with Crippen molar-refractivity contribution in [2.45, 2.75) is 32.9 Å². The van der Waals surface area contributed by atoms with Crippen molar-refractivity contribution in [1.82, 2.24) is 24.6 Å². The zero-order valence-electron chi connectivity index (χ0n) is 13.7. The van der Waals surface area contributed by atoms with Gasteiger partial charge < -0.3 is 9.88 Å². The lowest BCUT2D eigenvalue weighted by Crippen LogP contribution is -2.32. The molecule has 2 aromatic heterocycles. The highest BCUT2D eigenvalue weighted by molar-refractivity contribution is 5.80. The summed E-state index contributed by atoms with van der Waals surface area (Å²) in [4.78, 5) is 16.9. The summed E-state index contributed by atoms with van der Waals surface area (Å²) < 4.78 is 3.75. The summed E-state index contributed by atoms with van der Waals surface area (Å²) in [5.41, 5.74) is 3.09. The molecule has 3 rings (SSSR count). The molecular weight excluding hydrogens is 290 g/mol. The fourth-order valence-corrected chi connectivity index (χ4v) is 2.74. The van der Waals surface area contributed by atoms with Crippen molar-refractivity contribution >= 4 is 16.9 Å². The third-order valence-electron chi connectivity index (χ3n) is 4.17. The van der Waals surface area contributed by atoms with Crippen LogP contribution in [0, 0.1) is 6.92 Å².